The van der Waals surface area contributed by atoms with Gasteiger partial charge in [0.2, 0.25) is 0 Å². The fraction of sp³-hybridized carbons (Fsp3) is 0.600. The van der Waals surface area contributed by atoms with E-state index < -0.39 is 0 Å². The molecule has 4 rings (SSSR count). The standard InChI is InChI=1S/C15H21N7O.ClH/c1-2-12-18-13-4-3-9(8-22(13)21-12)17-15(23)14-10-7-16-6-5-11(10)19-20-14;/h9,16H,2-8H2,1H3,(H,17,23)(H,19,20);1H. The third kappa shape index (κ3) is 3.03. The number of rotatable bonds is 3. The van der Waals surface area contributed by atoms with Crippen LogP contribution in [0, 0.1) is 0 Å². The summed E-state index contributed by atoms with van der Waals surface area (Å²) in [5.74, 6) is 1.79. The van der Waals surface area contributed by atoms with Crippen LogP contribution in [-0.4, -0.2) is 43.5 Å². The molecule has 8 nitrogen and oxygen atoms in total. The molecule has 3 N–H and O–H groups in total. The Kier molecular flexibility index (Phi) is 4.86. The molecule has 24 heavy (non-hydrogen) atoms. The number of nitrogens with zero attached hydrogens (tertiary/aromatic N) is 4. The summed E-state index contributed by atoms with van der Waals surface area (Å²) in [6, 6.07) is 0.0744. The number of hydrogen-bond donors (Lipinski definition) is 3. The predicted octanol–water partition coefficient (Wildman–Crippen LogP) is 0.376. The van der Waals surface area contributed by atoms with Crippen LogP contribution in [0.2, 0.25) is 0 Å². The second-order valence-electron chi connectivity index (χ2n) is 6.15. The molecular weight excluding hydrogens is 330 g/mol. The van der Waals surface area contributed by atoms with Crippen LogP contribution in [0.15, 0.2) is 0 Å². The zero-order valence-corrected chi connectivity index (χ0v) is 14.4. The van der Waals surface area contributed by atoms with E-state index in [0.717, 1.165) is 55.1 Å². The molecule has 0 aliphatic carbocycles. The van der Waals surface area contributed by atoms with Crippen LogP contribution >= 0.6 is 12.4 Å². The molecule has 0 aromatic carbocycles. The van der Waals surface area contributed by atoms with Gasteiger partial charge in [-0.1, -0.05) is 6.92 Å². The molecule has 0 fully saturated rings. The lowest BCUT2D eigenvalue weighted by atomic mass is 10.1. The van der Waals surface area contributed by atoms with Crippen LogP contribution in [0.3, 0.4) is 0 Å². The lowest BCUT2D eigenvalue weighted by Crippen LogP contribution is -2.42. The molecular formula is C15H22ClN7O. The van der Waals surface area contributed by atoms with Gasteiger partial charge < -0.3 is 10.6 Å². The van der Waals surface area contributed by atoms with Gasteiger partial charge in [0.25, 0.3) is 5.91 Å². The van der Waals surface area contributed by atoms with Crippen molar-refractivity contribution >= 4 is 18.3 Å². The van der Waals surface area contributed by atoms with Gasteiger partial charge in [-0.3, -0.25) is 9.89 Å². The number of carbonyl (C=O) groups is 1. The number of hydrogen-bond acceptors (Lipinski definition) is 5. The Hall–Kier alpha value is -1.93. The fourth-order valence-electron chi connectivity index (χ4n) is 3.30. The Balaban J connectivity index is 0.00000169. The number of amides is 1. The summed E-state index contributed by atoms with van der Waals surface area (Å²) < 4.78 is 1.93. The number of nitrogens with one attached hydrogen (secondary N) is 3. The molecule has 2 aliphatic rings. The second kappa shape index (κ2) is 6.90. The van der Waals surface area contributed by atoms with Gasteiger partial charge in [0.15, 0.2) is 11.5 Å². The average molecular weight is 352 g/mol. The first-order chi connectivity index (χ1) is 11.2. The van der Waals surface area contributed by atoms with E-state index >= 15 is 0 Å². The lowest BCUT2D eigenvalue weighted by Gasteiger charge is -2.23. The SMILES string of the molecule is CCc1nc2n(n1)CC(NC(=O)c1n[nH]c3c1CNCC3)CC2.Cl. The summed E-state index contributed by atoms with van der Waals surface area (Å²) in [5.41, 5.74) is 2.59. The van der Waals surface area contributed by atoms with Crippen molar-refractivity contribution in [2.24, 2.45) is 0 Å². The molecule has 0 saturated carbocycles. The molecule has 1 atom stereocenters. The van der Waals surface area contributed by atoms with E-state index in [1.54, 1.807) is 0 Å². The van der Waals surface area contributed by atoms with Gasteiger partial charge >= 0.3 is 0 Å². The van der Waals surface area contributed by atoms with E-state index in [1.165, 1.54) is 0 Å². The van der Waals surface area contributed by atoms with Crippen molar-refractivity contribution in [2.45, 2.75) is 51.7 Å². The molecule has 130 valence electrons. The summed E-state index contributed by atoms with van der Waals surface area (Å²) in [6.07, 6.45) is 3.46. The molecule has 2 aromatic heterocycles. The van der Waals surface area contributed by atoms with Crippen LogP contribution in [0.4, 0.5) is 0 Å². The first-order valence-corrected chi connectivity index (χ1v) is 8.25. The van der Waals surface area contributed by atoms with Gasteiger partial charge in [0.1, 0.15) is 5.82 Å². The number of aryl methyl sites for hydroxylation is 2. The molecule has 2 aromatic rings. The minimum Gasteiger partial charge on any atom is -0.346 e. The first kappa shape index (κ1) is 16.9. The Morgan fingerprint density at radius 2 is 2.29 bits per heavy atom. The molecule has 0 bridgehead atoms. The number of aromatic nitrogens is 5. The summed E-state index contributed by atoms with van der Waals surface area (Å²) in [6.45, 7) is 4.36. The highest BCUT2D eigenvalue weighted by Gasteiger charge is 2.26. The zero-order valence-electron chi connectivity index (χ0n) is 13.6. The van der Waals surface area contributed by atoms with Crippen molar-refractivity contribution in [3.05, 3.63) is 28.6 Å². The van der Waals surface area contributed by atoms with Gasteiger partial charge in [0.05, 0.1) is 6.54 Å². The van der Waals surface area contributed by atoms with Gasteiger partial charge in [-0.2, -0.15) is 10.2 Å². The van der Waals surface area contributed by atoms with E-state index in [2.05, 4.69) is 37.8 Å². The highest BCUT2D eigenvalue weighted by molar-refractivity contribution is 5.94. The number of carbonyl (C=O) groups excluding carboxylic acids is 1. The summed E-state index contributed by atoms with van der Waals surface area (Å²) in [5, 5.41) is 18.1. The Morgan fingerprint density at radius 3 is 3.12 bits per heavy atom. The highest BCUT2D eigenvalue weighted by Crippen LogP contribution is 2.17. The van der Waals surface area contributed by atoms with Gasteiger partial charge in [0, 0.05) is 49.7 Å². The topological polar surface area (TPSA) is 101 Å². The van der Waals surface area contributed by atoms with E-state index in [1.807, 2.05) is 4.68 Å². The zero-order chi connectivity index (χ0) is 15.8. The molecule has 0 radical (unpaired) electrons. The van der Waals surface area contributed by atoms with Crippen molar-refractivity contribution in [2.75, 3.05) is 6.54 Å². The number of aromatic amines is 1. The van der Waals surface area contributed by atoms with Crippen LogP contribution < -0.4 is 10.6 Å². The average Bonchev–Trinajstić information content (AvgIpc) is 3.18. The van der Waals surface area contributed by atoms with Crippen molar-refractivity contribution in [1.29, 1.82) is 0 Å². The maximum Gasteiger partial charge on any atom is 0.272 e. The minimum atomic E-state index is -0.101. The Morgan fingerprint density at radius 1 is 1.42 bits per heavy atom. The van der Waals surface area contributed by atoms with Crippen molar-refractivity contribution in [1.82, 2.24) is 35.6 Å². The van der Waals surface area contributed by atoms with Crippen LogP contribution in [0.5, 0.6) is 0 Å². The van der Waals surface area contributed by atoms with Crippen molar-refractivity contribution in [3.63, 3.8) is 0 Å². The number of fused-ring (bicyclic) bond motifs is 2. The third-order valence-corrected chi connectivity index (χ3v) is 4.57. The van der Waals surface area contributed by atoms with Gasteiger partial charge in [-0.25, -0.2) is 9.67 Å². The Bertz CT molecular complexity index is 738. The molecule has 1 amide bonds. The van der Waals surface area contributed by atoms with Crippen molar-refractivity contribution < 1.29 is 4.79 Å². The van der Waals surface area contributed by atoms with Gasteiger partial charge in [-0.05, 0) is 6.42 Å². The maximum atomic E-state index is 12.6. The molecule has 0 saturated heterocycles. The normalized spacial score (nSPS) is 19.1. The largest absolute Gasteiger partial charge is 0.346 e. The predicted molar refractivity (Wildman–Crippen MR) is 90.2 cm³/mol. The summed E-state index contributed by atoms with van der Waals surface area (Å²) >= 11 is 0. The molecule has 9 heteroatoms. The minimum absolute atomic E-state index is 0. The summed E-state index contributed by atoms with van der Waals surface area (Å²) in [7, 11) is 0. The molecule has 2 aliphatic heterocycles. The molecule has 1 unspecified atom stereocenters. The van der Waals surface area contributed by atoms with E-state index in [0.29, 0.717) is 18.8 Å². The third-order valence-electron chi connectivity index (χ3n) is 4.57. The first-order valence-electron chi connectivity index (χ1n) is 8.25. The lowest BCUT2D eigenvalue weighted by molar-refractivity contribution is 0.0920. The van der Waals surface area contributed by atoms with E-state index in [9.17, 15) is 4.79 Å². The highest BCUT2D eigenvalue weighted by atomic mass is 35.5. The molecule has 0 spiro atoms. The van der Waals surface area contributed by atoms with Crippen molar-refractivity contribution in [3.8, 4) is 0 Å². The smallest absolute Gasteiger partial charge is 0.272 e. The van der Waals surface area contributed by atoms with Crippen LogP contribution in [-0.2, 0) is 32.4 Å². The monoisotopic (exact) mass is 351 g/mol. The molecule has 4 heterocycles. The van der Waals surface area contributed by atoms with E-state index in [4.69, 9.17) is 0 Å². The summed E-state index contributed by atoms with van der Waals surface area (Å²) in [4.78, 5) is 17.1. The number of H-pyrrole nitrogens is 1. The number of halogens is 1. The van der Waals surface area contributed by atoms with Crippen LogP contribution in [0.1, 0.15) is 46.7 Å². The quantitative estimate of drug-likeness (QED) is 0.742. The van der Waals surface area contributed by atoms with Gasteiger partial charge in [-0.15, -0.1) is 12.4 Å². The maximum absolute atomic E-state index is 12.6. The Labute approximate surface area is 146 Å². The fourth-order valence-corrected chi connectivity index (χ4v) is 3.30. The van der Waals surface area contributed by atoms with Crippen LogP contribution in [0.25, 0.3) is 0 Å². The second-order valence-corrected chi connectivity index (χ2v) is 6.15. The van der Waals surface area contributed by atoms with E-state index in [-0.39, 0.29) is 24.4 Å².